The molecule has 1 fully saturated rings. The van der Waals surface area contributed by atoms with Gasteiger partial charge in [0.2, 0.25) is 0 Å². The van der Waals surface area contributed by atoms with Gasteiger partial charge in [0.05, 0.1) is 11.6 Å². The van der Waals surface area contributed by atoms with E-state index in [-0.39, 0.29) is 5.60 Å². The van der Waals surface area contributed by atoms with Gasteiger partial charge in [0.25, 0.3) is 0 Å². The van der Waals surface area contributed by atoms with E-state index in [0.29, 0.717) is 6.04 Å². The zero-order valence-corrected chi connectivity index (χ0v) is 13.5. The van der Waals surface area contributed by atoms with E-state index in [0.717, 1.165) is 13.2 Å². The van der Waals surface area contributed by atoms with Gasteiger partial charge >= 0.3 is 0 Å². The van der Waals surface area contributed by atoms with E-state index in [1.807, 2.05) is 0 Å². The molecule has 2 aliphatic carbocycles. The largest absolute Gasteiger partial charge is 0.373 e. The zero-order valence-electron chi connectivity index (χ0n) is 13.5. The van der Waals surface area contributed by atoms with E-state index >= 15 is 0 Å². The molecule has 1 saturated carbocycles. The number of nitrogens with one attached hydrogen (secondary N) is 1. The number of hydrogen-bond donors (Lipinski definition) is 1. The molecular weight excluding hydrogens is 246 g/mol. The Bertz CT molecular complexity index is 305. The van der Waals surface area contributed by atoms with E-state index in [4.69, 9.17) is 4.74 Å². The summed E-state index contributed by atoms with van der Waals surface area (Å²) in [5, 5.41) is 3.84. The number of allylic oxidation sites excluding steroid dienone is 1. The molecule has 0 amide bonds. The van der Waals surface area contributed by atoms with Crippen LogP contribution in [-0.4, -0.2) is 24.8 Å². The zero-order chi connectivity index (χ0) is 14.3. The Kier molecular flexibility index (Phi) is 6.57. The lowest BCUT2D eigenvalue weighted by Crippen LogP contribution is -2.52. The van der Waals surface area contributed by atoms with Crippen LogP contribution in [0.1, 0.15) is 78.1 Å². The summed E-state index contributed by atoms with van der Waals surface area (Å²) in [6.45, 7) is 6.36. The fourth-order valence-electron chi connectivity index (χ4n) is 4.02. The van der Waals surface area contributed by atoms with Gasteiger partial charge in [-0.2, -0.15) is 0 Å². The average molecular weight is 279 g/mol. The first-order valence-corrected chi connectivity index (χ1v) is 8.88. The maximum Gasteiger partial charge on any atom is 0.0872 e. The van der Waals surface area contributed by atoms with Crippen LogP contribution in [0.25, 0.3) is 0 Å². The van der Waals surface area contributed by atoms with Crippen molar-refractivity contribution in [3.63, 3.8) is 0 Å². The van der Waals surface area contributed by atoms with Gasteiger partial charge < -0.3 is 10.1 Å². The second-order valence-electron chi connectivity index (χ2n) is 6.47. The van der Waals surface area contributed by atoms with Crippen LogP contribution in [0, 0.1) is 0 Å². The van der Waals surface area contributed by atoms with Gasteiger partial charge in [0, 0.05) is 6.61 Å². The summed E-state index contributed by atoms with van der Waals surface area (Å²) in [7, 11) is 0. The van der Waals surface area contributed by atoms with E-state index in [1.165, 1.54) is 64.2 Å². The molecule has 2 rings (SSSR count). The van der Waals surface area contributed by atoms with Crippen LogP contribution in [0.2, 0.25) is 0 Å². The van der Waals surface area contributed by atoms with Crippen molar-refractivity contribution in [1.82, 2.24) is 5.32 Å². The smallest absolute Gasteiger partial charge is 0.0872 e. The van der Waals surface area contributed by atoms with Crippen molar-refractivity contribution < 1.29 is 4.74 Å². The Morgan fingerprint density at radius 1 is 1.15 bits per heavy atom. The lowest BCUT2D eigenvalue weighted by molar-refractivity contribution is -0.0534. The lowest BCUT2D eigenvalue weighted by Gasteiger charge is -2.39. The third-order valence-electron chi connectivity index (χ3n) is 4.95. The van der Waals surface area contributed by atoms with Gasteiger partial charge in [-0.1, -0.05) is 37.8 Å². The number of rotatable bonds is 7. The molecule has 1 N–H and O–H groups in total. The van der Waals surface area contributed by atoms with Gasteiger partial charge in [-0.25, -0.2) is 0 Å². The van der Waals surface area contributed by atoms with Crippen molar-refractivity contribution in [3.8, 4) is 0 Å². The number of hydrogen-bond acceptors (Lipinski definition) is 2. The molecule has 2 heteroatoms. The molecule has 0 aromatic rings. The van der Waals surface area contributed by atoms with Gasteiger partial charge in [-0.05, 0) is 58.4 Å². The highest BCUT2D eigenvalue weighted by molar-refractivity contribution is 5.20. The summed E-state index contributed by atoms with van der Waals surface area (Å²) in [4.78, 5) is 0. The average Bonchev–Trinajstić information content (AvgIpc) is 2.76. The quantitative estimate of drug-likeness (QED) is 0.688. The Labute approximate surface area is 125 Å². The van der Waals surface area contributed by atoms with Crippen molar-refractivity contribution in [1.29, 1.82) is 0 Å². The molecule has 0 aromatic heterocycles. The first-order chi connectivity index (χ1) is 9.82. The Balaban J connectivity index is 2.17. The highest BCUT2D eigenvalue weighted by atomic mass is 16.5. The minimum atomic E-state index is 0.0834. The minimum Gasteiger partial charge on any atom is -0.373 e. The van der Waals surface area contributed by atoms with Crippen molar-refractivity contribution >= 4 is 0 Å². The predicted molar refractivity (Wildman–Crippen MR) is 86.1 cm³/mol. The second-order valence-corrected chi connectivity index (χ2v) is 6.47. The van der Waals surface area contributed by atoms with Crippen LogP contribution in [-0.2, 0) is 4.74 Å². The summed E-state index contributed by atoms with van der Waals surface area (Å²) in [5.41, 5.74) is 1.73. The van der Waals surface area contributed by atoms with Crippen LogP contribution >= 0.6 is 0 Å². The molecule has 0 spiro atoms. The van der Waals surface area contributed by atoms with Gasteiger partial charge in [0.15, 0.2) is 0 Å². The van der Waals surface area contributed by atoms with Crippen molar-refractivity contribution in [2.75, 3.05) is 13.2 Å². The van der Waals surface area contributed by atoms with Crippen LogP contribution in [0.5, 0.6) is 0 Å². The van der Waals surface area contributed by atoms with Gasteiger partial charge in [-0.3, -0.25) is 0 Å². The summed E-state index contributed by atoms with van der Waals surface area (Å²) < 4.78 is 6.34. The molecule has 1 atom stereocenters. The Morgan fingerprint density at radius 3 is 2.65 bits per heavy atom. The molecule has 20 heavy (non-hydrogen) atoms. The second kappa shape index (κ2) is 8.19. The molecule has 2 nitrogen and oxygen atoms in total. The topological polar surface area (TPSA) is 21.3 Å². The summed E-state index contributed by atoms with van der Waals surface area (Å²) in [6.07, 6.45) is 15.5. The Hall–Kier alpha value is -0.340. The van der Waals surface area contributed by atoms with Crippen LogP contribution in [0.4, 0.5) is 0 Å². The fraction of sp³-hybridized carbons (Fsp3) is 0.889. The van der Waals surface area contributed by atoms with Crippen molar-refractivity contribution in [2.24, 2.45) is 0 Å². The SMILES string of the molecule is CCCNC(C1=CCCCCC1)C1(OCC)CCCC1. The van der Waals surface area contributed by atoms with Crippen LogP contribution in [0.3, 0.4) is 0 Å². The molecule has 0 heterocycles. The predicted octanol–water partition coefficient (Wildman–Crippen LogP) is 4.59. The van der Waals surface area contributed by atoms with Crippen LogP contribution in [0.15, 0.2) is 11.6 Å². The maximum absolute atomic E-state index is 6.34. The van der Waals surface area contributed by atoms with E-state index < -0.39 is 0 Å². The molecular formula is C18H33NO. The third kappa shape index (κ3) is 3.85. The maximum atomic E-state index is 6.34. The molecule has 0 radical (unpaired) electrons. The molecule has 2 aliphatic rings. The van der Waals surface area contributed by atoms with E-state index in [9.17, 15) is 0 Å². The highest BCUT2D eigenvalue weighted by Crippen LogP contribution is 2.40. The lowest BCUT2D eigenvalue weighted by atomic mass is 9.84. The monoisotopic (exact) mass is 279 g/mol. The van der Waals surface area contributed by atoms with E-state index in [1.54, 1.807) is 5.57 Å². The molecule has 0 aliphatic heterocycles. The normalized spacial score (nSPS) is 24.2. The van der Waals surface area contributed by atoms with Crippen LogP contribution < -0.4 is 5.32 Å². The minimum absolute atomic E-state index is 0.0834. The summed E-state index contributed by atoms with van der Waals surface area (Å²) >= 11 is 0. The standard InChI is InChI=1S/C18H33NO/c1-3-15-19-17(16-11-7-5-6-8-12-16)18(20-4-2)13-9-10-14-18/h11,17,19H,3-10,12-15H2,1-2H3. The van der Waals surface area contributed by atoms with Gasteiger partial charge in [-0.15, -0.1) is 0 Å². The fourth-order valence-corrected chi connectivity index (χ4v) is 4.02. The highest BCUT2D eigenvalue weighted by Gasteiger charge is 2.43. The van der Waals surface area contributed by atoms with Crippen molar-refractivity contribution in [3.05, 3.63) is 11.6 Å². The van der Waals surface area contributed by atoms with E-state index in [2.05, 4.69) is 25.2 Å². The first-order valence-electron chi connectivity index (χ1n) is 8.88. The summed E-state index contributed by atoms with van der Waals surface area (Å²) in [6, 6.07) is 0.461. The molecule has 0 saturated heterocycles. The molecule has 1 unspecified atom stereocenters. The van der Waals surface area contributed by atoms with Crippen molar-refractivity contribution in [2.45, 2.75) is 89.7 Å². The molecule has 0 aromatic carbocycles. The summed E-state index contributed by atoms with van der Waals surface area (Å²) in [5.74, 6) is 0. The first kappa shape index (κ1) is 16.0. The Morgan fingerprint density at radius 2 is 1.95 bits per heavy atom. The number of ether oxygens (including phenoxy) is 1. The molecule has 116 valence electrons. The molecule has 0 bridgehead atoms. The third-order valence-corrected chi connectivity index (χ3v) is 4.95. The van der Waals surface area contributed by atoms with Gasteiger partial charge in [0.1, 0.15) is 0 Å².